The molecule has 0 amide bonds. The Hall–Kier alpha value is -1.38. The summed E-state index contributed by atoms with van der Waals surface area (Å²) in [7, 11) is 0. The van der Waals surface area contributed by atoms with Crippen LogP contribution in [0.4, 0.5) is 5.69 Å². The van der Waals surface area contributed by atoms with Gasteiger partial charge in [-0.05, 0) is 11.4 Å². The number of thiazole rings is 1. The summed E-state index contributed by atoms with van der Waals surface area (Å²) in [5.41, 5.74) is 7.14. The van der Waals surface area contributed by atoms with Crippen LogP contribution in [0.15, 0.2) is 22.2 Å². The van der Waals surface area contributed by atoms with E-state index in [0.717, 1.165) is 10.6 Å². The Morgan fingerprint density at radius 1 is 1.21 bits per heavy atom. The van der Waals surface area contributed by atoms with Crippen LogP contribution < -0.4 is 5.73 Å². The monoisotopic (exact) mass is 419 g/mol. The van der Waals surface area contributed by atoms with Gasteiger partial charge in [-0.3, -0.25) is 0 Å². The molecule has 0 bridgehead atoms. The van der Waals surface area contributed by atoms with Crippen molar-refractivity contribution in [1.29, 1.82) is 0 Å². The second kappa shape index (κ2) is 7.25. The van der Waals surface area contributed by atoms with Gasteiger partial charge >= 0.3 is 5.97 Å². The molecule has 0 saturated heterocycles. The molecule has 24 heavy (non-hydrogen) atoms. The second-order valence-corrected chi connectivity index (χ2v) is 7.28. The van der Waals surface area contributed by atoms with E-state index in [1.165, 1.54) is 11.3 Å². The molecule has 124 valence electrons. The van der Waals surface area contributed by atoms with Gasteiger partial charge in [0.25, 0.3) is 0 Å². The van der Waals surface area contributed by atoms with Crippen molar-refractivity contribution in [2.24, 2.45) is 0 Å². The van der Waals surface area contributed by atoms with Crippen LogP contribution in [0.25, 0.3) is 10.6 Å². The fraction of sp³-hybridized carbons (Fsp3) is 0.0714. The molecule has 0 aromatic carbocycles. The van der Waals surface area contributed by atoms with Gasteiger partial charge < -0.3 is 10.5 Å². The van der Waals surface area contributed by atoms with E-state index in [1.807, 2.05) is 22.2 Å². The first-order chi connectivity index (χ1) is 11.5. The number of hydrogen-bond donors (Lipinski definition) is 1. The van der Waals surface area contributed by atoms with Crippen LogP contribution in [0.3, 0.4) is 0 Å². The summed E-state index contributed by atoms with van der Waals surface area (Å²) < 4.78 is 5.18. The van der Waals surface area contributed by atoms with Gasteiger partial charge in [-0.1, -0.05) is 34.8 Å². The van der Waals surface area contributed by atoms with Crippen molar-refractivity contribution >= 4 is 69.1 Å². The third-order valence-corrected chi connectivity index (χ3v) is 5.70. The number of anilines is 1. The molecule has 0 unspecified atom stereocenters. The molecule has 0 aliphatic rings. The van der Waals surface area contributed by atoms with Crippen LogP contribution >= 0.6 is 57.5 Å². The zero-order valence-corrected chi connectivity index (χ0v) is 15.7. The highest BCUT2D eigenvalue weighted by Gasteiger charge is 2.21. The van der Waals surface area contributed by atoms with Gasteiger partial charge in [-0.15, -0.1) is 11.3 Å². The predicted octanol–water partition coefficient (Wildman–Crippen LogP) is 5.17. The number of nitrogens with two attached hydrogens (primary N) is 1. The number of pyridine rings is 1. The fourth-order valence-electron chi connectivity index (χ4n) is 1.77. The van der Waals surface area contributed by atoms with Gasteiger partial charge in [0.15, 0.2) is 10.8 Å². The van der Waals surface area contributed by atoms with Crippen LogP contribution in [0.1, 0.15) is 16.2 Å². The number of halogens is 3. The summed E-state index contributed by atoms with van der Waals surface area (Å²) in [4.78, 5) is 20.4. The van der Waals surface area contributed by atoms with Gasteiger partial charge in [0.2, 0.25) is 0 Å². The minimum Gasteiger partial charge on any atom is -0.454 e. The number of aromatic nitrogens is 2. The summed E-state index contributed by atoms with van der Waals surface area (Å²) in [6.45, 7) is -0.0162. The van der Waals surface area contributed by atoms with E-state index < -0.39 is 5.97 Å². The Kier molecular flexibility index (Phi) is 5.27. The Morgan fingerprint density at radius 2 is 2.00 bits per heavy atom. The molecule has 3 rings (SSSR count). The van der Waals surface area contributed by atoms with E-state index in [0.29, 0.717) is 5.69 Å². The first kappa shape index (κ1) is 17.4. The molecular formula is C14H8Cl3N3O2S2. The van der Waals surface area contributed by atoms with Crippen molar-refractivity contribution in [3.63, 3.8) is 0 Å². The highest BCUT2D eigenvalue weighted by atomic mass is 35.5. The minimum absolute atomic E-state index is 0.00174. The first-order valence-corrected chi connectivity index (χ1v) is 9.37. The number of thiophene rings is 1. The van der Waals surface area contributed by atoms with E-state index in [1.54, 1.807) is 11.3 Å². The summed E-state index contributed by atoms with van der Waals surface area (Å²) in [6.07, 6.45) is 0. The molecule has 5 nitrogen and oxygen atoms in total. The molecule has 3 heterocycles. The van der Waals surface area contributed by atoms with Gasteiger partial charge in [-0.25, -0.2) is 14.8 Å². The fourth-order valence-corrected chi connectivity index (χ4v) is 3.87. The van der Waals surface area contributed by atoms with E-state index >= 15 is 0 Å². The predicted molar refractivity (Wildman–Crippen MR) is 98.2 cm³/mol. The molecule has 0 aliphatic carbocycles. The number of nitrogen functional groups attached to an aromatic ring is 1. The SMILES string of the molecule is Nc1c(Cl)c(Cl)nc(C(=O)OCc2csc(-c3ccsc3)n2)c1Cl. The van der Waals surface area contributed by atoms with Crippen LogP contribution in [0.2, 0.25) is 15.2 Å². The molecule has 10 heteroatoms. The molecule has 0 aliphatic heterocycles. The molecule has 0 radical (unpaired) electrons. The Morgan fingerprint density at radius 3 is 2.71 bits per heavy atom. The largest absolute Gasteiger partial charge is 0.454 e. The summed E-state index contributed by atoms with van der Waals surface area (Å²) in [5.74, 6) is -0.754. The molecular weight excluding hydrogens is 413 g/mol. The first-order valence-electron chi connectivity index (χ1n) is 6.41. The number of esters is 1. The van der Waals surface area contributed by atoms with Crippen LogP contribution in [0.5, 0.6) is 0 Å². The Balaban J connectivity index is 1.73. The highest BCUT2D eigenvalue weighted by molar-refractivity contribution is 7.14. The third kappa shape index (κ3) is 3.50. The quantitative estimate of drug-likeness (QED) is 0.465. The second-order valence-electron chi connectivity index (χ2n) is 4.53. The normalized spacial score (nSPS) is 10.8. The van der Waals surface area contributed by atoms with Crippen molar-refractivity contribution in [2.45, 2.75) is 6.61 Å². The lowest BCUT2D eigenvalue weighted by atomic mass is 10.3. The van der Waals surface area contributed by atoms with Crippen molar-refractivity contribution in [3.05, 3.63) is 48.8 Å². The smallest absolute Gasteiger partial charge is 0.359 e. The summed E-state index contributed by atoms with van der Waals surface area (Å²) >= 11 is 20.7. The zero-order chi connectivity index (χ0) is 17.3. The summed E-state index contributed by atoms with van der Waals surface area (Å²) in [5, 5.41) is 6.44. The van der Waals surface area contributed by atoms with E-state index in [-0.39, 0.29) is 33.2 Å². The van der Waals surface area contributed by atoms with Crippen LogP contribution in [0, 0.1) is 0 Å². The molecule has 0 atom stereocenters. The molecule has 0 spiro atoms. The number of carbonyl (C=O) groups is 1. The molecule has 3 aromatic heterocycles. The minimum atomic E-state index is -0.754. The van der Waals surface area contributed by atoms with E-state index in [2.05, 4.69) is 9.97 Å². The lowest BCUT2D eigenvalue weighted by Crippen LogP contribution is -2.10. The van der Waals surface area contributed by atoms with Gasteiger partial charge in [0.1, 0.15) is 16.6 Å². The van der Waals surface area contributed by atoms with Crippen molar-refractivity contribution in [2.75, 3.05) is 5.73 Å². The van der Waals surface area contributed by atoms with E-state index in [4.69, 9.17) is 45.3 Å². The zero-order valence-electron chi connectivity index (χ0n) is 11.8. The lowest BCUT2D eigenvalue weighted by molar-refractivity contribution is 0.0462. The number of rotatable bonds is 4. The van der Waals surface area contributed by atoms with E-state index in [9.17, 15) is 4.79 Å². The van der Waals surface area contributed by atoms with Crippen molar-refractivity contribution < 1.29 is 9.53 Å². The number of nitrogens with zero attached hydrogens (tertiary/aromatic N) is 2. The molecule has 3 aromatic rings. The maximum absolute atomic E-state index is 12.1. The third-order valence-electron chi connectivity index (χ3n) is 2.94. The maximum Gasteiger partial charge on any atom is 0.359 e. The Labute approximate surface area is 160 Å². The number of ether oxygens (including phenoxy) is 1. The average Bonchev–Trinajstić information content (AvgIpc) is 3.24. The van der Waals surface area contributed by atoms with Crippen molar-refractivity contribution in [1.82, 2.24) is 9.97 Å². The maximum atomic E-state index is 12.1. The Bertz CT molecular complexity index is 897. The lowest BCUT2D eigenvalue weighted by Gasteiger charge is -2.08. The standard InChI is InChI=1S/C14H8Cl3N3O2S2/c15-8-10(18)9(16)12(17)20-11(8)14(21)22-3-7-5-24-13(19-7)6-1-2-23-4-6/h1-2,4-5H,3H2,(H2,18,20). The molecule has 0 fully saturated rings. The van der Waals surface area contributed by atoms with Gasteiger partial charge in [0, 0.05) is 16.3 Å². The number of carbonyl (C=O) groups excluding carboxylic acids is 1. The average molecular weight is 421 g/mol. The van der Waals surface area contributed by atoms with Crippen LogP contribution in [-0.4, -0.2) is 15.9 Å². The van der Waals surface area contributed by atoms with Gasteiger partial charge in [0.05, 0.1) is 16.4 Å². The number of hydrogen-bond acceptors (Lipinski definition) is 7. The highest BCUT2D eigenvalue weighted by Crippen LogP contribution is 2.34. The topological polar surface area (TPSA) is 78.1 Å². The summed E-state index contributed by atoms with van der Waals surface area (Å²) in [6, 6.07) is 1.97. The van der Waals surface area contributed by atoms with Gasteiger partial charge in [-0.2, -0.15) is 11.3 Å². The van der Waals surface area contributed by atoms with Crippen molar-refractivity contribution in [3.8, 4) is 10.6 Å². The molecule has 2 N–H and O–H groups in total. The molecule has 0 saturated carbocycles. The van der Waals surface area contributed by atoms with Crippen LogP contribution in [-0.2, 0) is 11.3 Å².